The Morgan fingerprint density at radius 3 is 2.83 bits per heavy atom. The number of hydrogen-bond acceptors (Lipinski definition) is 3. The molecule has 0 aromatic carbocycles. The van der Waals surface area contributed by atoms with Crippen LogP contribution in [0.15, 0.2) is 0 Å². The molecule has 2 nitrogen and oxygen atoms in total. The van der Waals surface area contributed by atoms with Crippen molar-refractivity contribution in [1.82, 2.24) is 0 Å². The van der Waals surface area contributed by atoms with Gasteiger partial charge in [0.05, 0.1) is 11.7 Å². The fraction of sp³-hybridized carbons (Fsp3) is 0.667. The minimum atomic E-state index is 0.648. The molecule has 0 amide bonds. The first-order valence-corrected chi connectivity index (χ1v) is 2.50. The first kappa shape index (κ1) is 4.15. The fourth-order valence-electron chi connectivity index (χ4n) is 0.289. The maximum Gasteiger partial charge on any atom is 0.0940 e. The van der Waals surface area contributed by atoms with Crippen LogP contribution in [-0.4, -0.2) is 11.7 Å². The zero-order valence-corrected chi connectivity index (χ0v) is 4.05. The summed E-state index contributed by atoms with van der Waals surface area (Å²) in [6, 6.07) is 0. The zero-order chi connectivity index (χ0) is 4.41. The minimum Gasteiger partial charge on any atom is -0.309 e. The van der Waals surface area contributed by atoms with Gasteiger partial charge in [-0.05, 0) is 0 Å². The maximum atomic E-state index is 6.89. The molecule has 0 aromatic rings. The summed E-state index contributed by atoms with van der Waals surface area (Å²) in [7, 11) is 0. The van der Waals surface area contributed by atoms with Crippen molar-refractivity contribution < 1.29 is 4.18 Å². The molecule has 0 unspecified atom stereocenters. The molecular formula is C3H5NOS. The maximum absolute atomic E-state index is 6.89. The van der Waals surface area contributed by atoms with E-state index in [4.69, 9.17) is 9.59 Å². The van der Waals surface area contributed by atoms with Gasteiger partial charge in [-0.15, -0.1) is 0 Å². The second-order valence-corrected chi connectivity index (χ2v) is 1.97. The third-order valence-corrected chi connectivity index (χ3v) is 1.26. The Morgan fingerprint density at radius 1 is 1.83 bits per heavy atom. The van der Waals surface area contributed by atoms with E-state index in [9.17, 15) is 0 Å². The highest BCUT2D eigenvalue weighted by molar-refractivity contribution is 8.10. The minimum absolute atomic E-state index is 0.648. The first-order chi connectivity index (χ1) is 2.89. The Morgan fingerprint density at radius 2 is 2.67 bits per heavy atom. The summed E-state index contributed by atoms with van der Waals surface area (Å²) in [5, 5.41) is 7.53. The Bertz CT molecular complexity index is 65.2. The van der Waals surface area contributed by atoms with Gasteiger partial charge >= 0.3 is 0 Å². The molecule has 1 aliphatic heterocycles. The molecule has 0 aliphatic carbocycles. The molecule has 0 spiro atoms. The summed E-state index contributed by atoms with van der Waals surface area (Å²) in [5.74, 6) is 0. The van der Waals surface area contributed by atoms with Crippen molar-refractivity contribution >= 4 is 17.1 Å². The predicted molar refractivity (Wildman–Crippen MR) is 25.9 cm³/mol. The molecule has 0 aromatic heterocycles. The highest BCUT2D eigenvalue weighted by atomic mass is 32.2. The summed E-state index contributed by atoms with van der Waals surface area (Å²) in [6.45, 7) is 0.726. The summed E-state index contributed by atoms with van der Waals surface area (Å²) < 4.78 is 4.75. The second-order valence-electron chi connectivity index (χ2n) is 1.08. The van der Waals surface area contributed by atoms with E-state index in [0.717, 1.165) is 13.0 Å². The molecule has 1 fully saturated rings. The van der Waals surface area contributed by atoms with Crippen molar-refractivity contribution in [2.24, 2.45) is 0 Å². The molecule has 0 saturated carbocycles. The van der Waals surface area contributed by atoms with Crippen LogP contribution >= 0.6 is 12.0 Å². The van der Waals surface area contributed by atoms with Crippen LogP contribution in [0.2, 0.25) is 0 Å². The van der Waals surface area contributed by atoms with E-state index in [1.807, 2.05) is 0 Å². The van der Waals surface area contributed by atoms with Crippen molar-refractivity contribution in [3.05, 3.63) is 0 Å². The lowest BCUT2D eigenvalue weighted by molar-refractivity contribution is 0.407. The zero-order valence-electron chi connectivity index (χ0n) is 3.23. The Balaban J connectivity index is 2.37. The van der Waals surface area contributed by atoms with Crippen LogP contribution in [0.25, 0.3) is 0 Å². The van der Waals surface area contributed by atoms with Gasteiger partial charge in [-0.3, -0.25) is 5.41 Å². The lowest BCUT2D eigenvalue weighted by Crippen LogP contribution is -1.77. The van der Waals surface area contributed by atoms with E-state index in [2.05, 4.69) is 0 Å². The van der Waals surface area contributed by atoms with Crippen LogP contribution in [0, 0.1) is 5.41 Å². The van der Waals surface area contributed by atoms with E-state index < -0.39 is 0 Å². The van der Waals surface area contributed by atoms with Crippen molar-refractivity contribution in [2.45, 2.75) is 6.42 Å². The molecule has 34 valence electrons. The summed E-state index contributed by atoms with van der Waals surface area (Å²) in [6.07, 6.45) is 0.810. The SMILES string of the molecule is N=C1CCOS1. The highest BCUT2D eigenvalue weighted by Gasteiger charge is 2.05. The number of hydrogen-bond donors (Lipinski definition) is 1. The van der Waals surface area contributed by atoms with Crippen LogP contribution in [0.5, 0.6) is 0 Å². The molecule has 1 rings (SSSR count). The molecule has 1 aliphatic rings. The molecule has 3 heteroatoms. The molecule has 0 atom stereocenters. The van der Waals surface area contributed by atoms with Crippen LogP contribution in [0.3, 0.4) is 0 Å². The quantitative estimate of drug-likeness (QED) is 0.464. The lowest BCUT2D eigenvalue weighted by Gasteiger charge is -1.75. The Labute approximate surface area is 40.6 Å². The average Bonchev–Trinajstić information content (AvgIpc) is 1.86. The van der Waals surface area contributed by atoms with Gasteiger partial charge in [-0.25, -0.2) is 0 Å². The second kappa shape index (κ2) is 1.62. The molecule has 1 saturated heterocycles. The van der Waals surface area contributed by atoms with Gasteiger partial charge in [-0.2, -0.15) is 0 Å². The van der Waals surface area contributed by atoms with E-state index >= 15 is 0 Å². The summed E-state index contributed by atoms with van der Waals surface area (Å²) >= 11 is 1.18. The van der Waals surface area contributed by atoms with Gasteiger partial charge in [-0.1, -0.05) is 0 Å². The van der Waals surface area contributed by atoms with E-state index in [1.54, 1.807) is 0 Å². The van der Waals surface area contributed by atoms with Crippen molar-refractivity contribution in [3.63, 3.8) is 0 Å². The lowest BCUT2D eigenvalue weighted by atomic mass is 10.5. The third-order valence-electron chi connectivity index (χ3n) is 0.572. The van der Waals surface area contributed by atoms with E-state index in [1.165, 1.54) is 12.0 Å². The number of nitrogens with one attached hydrogen (secondary N) is 1. The number of rotatable bonds is 0. The third kappa shape index (κ3) is 0.725. The molecular weight excluding hydrogens is 98.1 g/mol. The topological polar surface area (TPSA) is 33.1 Å². The predicted octanol–water partition coefficient (Wildman–Crippen LogP) is 1.03. The molecule has 6 heavy (non-hydrogen) atoms. The monoisotopic (exact) mass is 103 g/mol. The standard InChI is InChI=1S/C3H5NOS/c4-3-1-2-5-6-3/h4H,1-2H2. The Kier molecular flexibility index (Phi) is 1.12. The summed E-state index contributed by atoms with van der Waals surface area (Å²) in [5.41, 5.74) is 0. The van der Waals surface area contributed by atoms with Crippen molar-refractivity contribution in [3.8, 4) is 0 Å². The van der Waals surface area contributed by atoms with Crippen molar-refractivity contribution in [1.29, 1.82) is 5.41 Å². The molecule has 0 radical (unpaired) electrons. The van der Waals surface area contributed by atoms with Gasteiger partial charge in [0, 0.05) is 18.5 Å². The van der Waals surface area contributed by atoms with Gasteiger partial charge in [0.15, 0.2) is 0 Å². The van der Waals surface area contributed by atoms with Crippen molar-refractivity contribution in [2.75, 3.05) is 6.61 Å². The van der Waals surface area contributed by atoms with Gasteiger partial charge in [0.2, 0.25) is 0 Å². The van der Waals surface area contributed by atoms with Crippen LogP contribution in [0.4, 0.5) is 0 Å². The summed E-state index contributed by atoms with van der Waals surface area (Å²) in [4.78, 5) is 0. The van der Waals surface area contributed by atoms with Crippen LogP contribution in [-0.2, 0) is 4.18 Å². The van der Waals surface area contributed by atoms with E-state index in [0.29, 0.717) is 5.04 Å². The molecule has 1 N–H and O–H groups in total. The van der Waals surface area contributed by atoms with Crippen LogP contribution in [0.1, 0.15) is 6.42 Å². The fourth-order valence-corrected chi connectivity index (χ4v) is 0.764. The van der Waals surface area contributed by atoms with E-state index in [-0.39, 0.29) is 0 Å². The normalized spacial score (nSPS) is 22.3. The van der Waals surface area contributed by atoms with Gasteiger partial charge in [0.1, 0.15) is 0 Å². The van der Waals surface area contributed by atoms with Gasteiger partial charge < -0.3 is 4.18 Å². The molecule has 1 heterocycles. The highest BCUT2D eigenvalue weighted by Crippen LogP contribution is 2.15. The van der Waals surface area contributed by atoms with Crippen LogP contribution < -0.4 is 0 Å². The largest absolute Gasteiger partial charge is 0.309 e. The first-order valence-electron chi connectivity index (χ1n) is 1.76. The Hall–Kier alpha value is -0.0200. The smallest absolute Gasteiger partial charge is 0.0940 e. The molecule has 0 bridgehead atoms. The average molecular weight is 103 g/mol. The van der Waals surface area contributed by atoms with Gasteiger partial charge in [0.25, 0.3) is 0 Å².